The predicted octanol–water partition coefficient (Wildman–Crippen LogP) is 1.54. The number of esters is 1. The minimum absolute atomic E-state index is 0.102. The maximum Gasteiger partial charge on any atom is 0.334 e. The zero-order chi connectivity index (χ0) is 18.8. The number of hydrogen-bond acceptors (Lipinski definition) is 7. The molecule has 2 aromatic heterocycles. The van der Waals surface area contributed by atoms with Crippen LogP contribution in [0.15, 0.2) is 42.7 Å². The average Bonchev–Trinajstić information content (AvgIpc) is 3.21. The Kier molecular flexibility index (Phi) is 4.72. The van der Waals surface area contributed by atoms with Crippen LogP contribution in [-0.2, 0) is 9.53 Å². The number of aliphatic hydroxyl groups is 1. The van der Waals surface area contributed by atoms with Gasteiger partial charge in [-0.15, -0.1) is 0 Å². The quantitative estimate of drug-likeness (QED) is 0.699. The van der Waals surface area contributed by atoms with Crippen LogP contribution in [0.3, 0.4) is 0 Å². The summed E-state index contributed by atoms with van der Waals surface area (Å²) in [6.07, 6.45) is 1.81. The number of aromatic nitrogens is 4. The Hall–Kier alpha value is -3.00. The van der Waals surface area contributed by atoms with Gasteiger partial charge in [-0.25, -0.2) is 9.78 Å². The first-order valence-electron chi connectivity index (χ1n) is 8.94. The van der Waals surface area contributed by atoms with Gasteiger partial charge in [-0.2, -0.15) is 14.6 Å². The molecule has 0 bridgehead atoms. The number of ether oxygens (including phenoxy) is 1. The van der Waals surface area contributed by atoms with Gasteiger partial charge >= 0.3 is 5.97 Å². The summed E-state index contributed by atoms with van der Waals surface area (Å²) in [5.74, 6) is 0.781. The second kappa shape index (κ2) is 7.32. The zero-order valence-electron chi connectivity index (χ0n) is 15.0. The van der Waals surface area contributed by atoms with Crippen LogP contribution in [0.5, 0.6) is 0 Å². The second-order valence-corrected chi connectivity index (χ2v) is 6.63. The number of nitrogens with zero attached hydrogens (tertiary/aromatic N) is 5. The fraction of sp³-hybridized carbons (Fsp3) is 0.368. The molecule has 8 nitrogen and oxygen atoms in total. The number of hydrogen-bond donors (Lipinski definition) is 1. The summed E-state index contributed by atoms with van der Waals surface area (Å²) in [5, 5.41) is 14.4. The van der Waals surface area contributed by atoms with Crippen LogP contribution >= 0.6 is 0 Å². The van der Waals surface area contributed by atoms with Crippen LogP contribution in [0.4, 0.5) is 5.82 Å². The fourth-order valence-corrected chi connectivity index (χ4v) is 3.54. The highest BCUT2D eigenvalue weighted by Crippen LogP contribution is 2.28. The van der Waals surface area contributed by atoms with E-state index < -0.39 is 12.1 Å². The molecule has 1 unspecified atom stereocenters. The molecule has 1 fully saturated rings. The molecule has 0 spiro atoms. The molecule has 1 aromatic carbocycles. The van der Waals surface area contributed by atoms with E-state index in [0.29, 0.717) is 31.7 Å². The van der Waals surface area contributed by atoms with Gasteiger partial charge in [0.15, 0.2) is 6.10 Å². The van der Waals surface area contributed by atoms with E-state index >= 15 is 0 Å². The SMILES string of the molecule is COC(=O)C(O)C1CCN(c2cc(-c3ccccc3)nc3ncnn23)CC1. The van der Waals surface area contributed by atoms with Crippen molar-refractivity contribution in [1.29, 1.82) is 0 Å². The van der Waals surface area contributed by atoms with E-state index in [-0.39, 0.29) is 5.92 Å². The zero-order valence-corrected chi connectivity index (χ0v) is 15.0. The minimum atomic E-state index is -1.07. The topological polar surface area (TPSA) is 92.9 Å². The third kappa shape index (κ3) is 3.35. The number of fused-ring (bicyclic) bond motifs is 1. The highest BCUT2D eigenvalue weighted by molar-refractivity contribution is 5.74. The normalized spacial score (nSPS) is 16.4. The Bertz CT molecular complexity index is 935. The Morgan fingerprint density at radius 1 is 1.26 bits per heavy atom. The molecule has 3 aromatic rings. The van der Waals surface area contributed by atoms with Crippen molar-refractivity contribution in [2.45, 2.75) is 18.9 Å². The summed E-state index contributed by atoms with van der Waals surface area (Å²) >= 11 is 0. The molecule has 1 saturated heterocycles. The number of methoxy groups -OCH3 is 1. The number of benzene rings is 1. The van der Waals surface area contributed by atoms with E-state index in [9.17, 15) is 9.90 Å². The summed E-state index contributed by atoms with van der Waals surface area (Å²) in [7, 11) is 1.30. The van der Waals surface area contributed by atoms with Crippen molar-refractivity contribution < 1.29 is 14.6 Å². The number of aliphatic hydroxyl groups excluding tert-OH is 1. The Labute approximate surface area is 156 Å². The van der Waals surface area contributed by atoms with Crippen LogP contribution in [0.25, 0.3) is 17.0 Å². The Balaban J connectivity index is 1.61. The van der Waals surface area contributed by atoms with Gasteiger partial charge in [0.1, 0.15) is 12.1 Å². The van der Waals surface area contributed by atoms with Crippen LogP contribution in [0, 0.1) is 5.92 Å². The highest BCUT2D eigenvalue weighted by atomic mass is 16.5. The van der Waals surface area contributed by atoms with E-state index in [0.717, 1.165) is 17.1 Å². The van der Waals surface area contributed by atoms with Gasteiger partial charge in [-0.05, 0) is 18.8 Å². The van der Waals surface area contributed by atoms with Crippen LogP contribution in [0.2, 0.25) is 0 Å². The molecule has 27 heavy (non-hydrogen) atoms. The van der Waals surface area contributed by atoms with Gasteiger partial charge in [0, 0.05) is 24.7 Å². The van der Waals surface area contributed by atoms with Gasteiger partial charge in [-0.3, -0.25) is 0 Å². The van der Waals surface area contributed by atoms with Gasteiger partial charge in [0.25, 0.3) is 5.78 Å². The van der Waals surface area contributed by atoms with Gasteiger partial charge < -0.3 is 14.7 Å². The minimum Gasteiger partial charge on any atom is -0.467 e. The molecule has 1 aliphatic heterocycles. The molecule has 1 N–H and O–H groups in total. The number of rotatable bonds is 4. The number of carbonyl (C=O) groups is 1. The largest absolute Gasteiger partial charge is 0.467 e. The number of piperidine rings is 1. The van der Waals surface area contributed by atoms with Crippen molar-refractivity contribution in [2.24, 2.45) is 5.92 Å². The molecule has 0 saturated carbocycles. The van der Waals surface area contributed by atoms with Crippen LogP contribution < -0.4 is 4.90 Å². The standard InChI is InChI=1S/C19H21N5O3/c1-27-18(26)17(25)14-7-9-23(10-8-14)16-11-15(13-5-3-2-4-6-13)22-19-20-12-21-24(16)19/h2-6,11-12,14,17,25H,7-10H2,1H3. The van der Waals surface area contributed by atoms with E-state index in [1.165, 1.54) is 13.4 Å². The Morgan fingerprint density at radius 3 is 2.70 bits per heavy atom. The smallest absolute Gasteiger partial charge is 0.334 e. The Morgan fingerprint density at radius 2 is 2.00 bits per heavy atom. The summed E-state index contributed by atoms with van der Waals surface area (Å²) in [5.41, 5.74) is 1.85. The van der Waals surface area contributed by atoms with Crippen LogP contribution in [-0.4, -0.2) is 57.0 Å². The first kappa shape index (κ1) is 17.4. The lowest BCUT2D eigenvalue weighted by Gasteiger charge is -2.34. The van der Waals surface area contributed by atoms with Gasteiger partial charge in [0.05, 0.1) is 12.8 Å². The van der Waals surface area contributed by atoms with Crippen molar-refractivity contribution >= 4 is 17.6 Å². The summed E-state index contributed by atoms with van der Waals surface area (Å²) in [6.45, 7) is 1.40. The molecule has 8 heteroatoms. The monoisotopic (exact) mass is 367 g/mol. The second-order valence-electron chi connectivity index (χ2n) is 6.63. The van der Waals surface area contributed by atoms with Crippen molar-refractivity contribution in [3.8, 4) is 11.3 Å². The number of carbonyl (C=O) groups excluding carboxylic acids is 1. The van der Waals surface area contributed by atoms with E-state index in [1.54, 1.807) is 4.52 Å². The lowest BCUT2D eigenvalue weighted by Crippen LogP contribution is -2.41. The summed E-state index contributed by atoms with van der Waals surface area (Å²) < 4.78 is 6.38. The van der Waals surface area contributed by atoms with Crippen molar-refractivity contribution in [3.63, 3.8) is 0 Å². The third-order valence-corrected chi connectivity index (χ3v) is 5.06. The molecule has 0 amide bonds. The van der Waals surface area contributed by atoms with Gasteiger partial charge in [0.2, 0.25) is 0 Å². The summed E-state index contributed by atoms with van der Waals surface area (Å²) in [4.78, 5) is 22.6. The maximum absolute atomic E-state index is 11.6. The van der Waals surface area contributed by atoms with E-state index in [1.807, 2.05) is 36.4 Å². The average molecular weight is 367 g/mol. The molecular weight excluding hydrogens is 346 g/mol. The molecule has 4 rings (SSSR count). The van der Waals surface area contributed by atoms with Crippen molar-refractivity contribution in [1.82, 2.24) is 19.6 Å². The first-order valence-corrected chi connectivity index (χ1v) is 8.94. The predicted molar refractivity (Wildman–Crippen MR) is 99.2 cm³/mol. The molecule has 3 heterocycles. The lowest BCUT2D eigenvalue weighted by atomic mass is 9.91. The molecule has 1 atom stereocenters. The van der Waals surface area contributed by atoms with Crippen molar-refractivity contribution in [3.05, 3.63) is 42.7 Å². The molecule has 0 aliphatic carbocycles. The molecule has 140 valence electrons. The van der Waals surface area contributed by atoms with Gasteiger partial charge in [-0.1, -0.05) is 30.3 Å². The highest BCUT2D eigenvalue weighted by Gasteiger charge is 2.31. The van der Waals surface area contributed by atoms with E-state index in [4.69, 9.17) is 0 Å². The van der Waals surface area contributed by atoms with Crippen molar-refractivity contribution in [2.75, 3.05) is 25.1 Å². The third-order valence-electron chi connectivity index (χ3n) is 5.06. The summed E-state index contributed by atoms with van der Waals surface area (Å²) in [6, 6.07) is 12.0. The maximum atomic E-state index is 11.6. The van der Waals surface area contributed by atoms with Crippen LogP contribution in [0.1, 0.15) is 12.8 Å². The number of anilines is 1. The molecule has 0 radical (unpaired) electrons. The lowest BCUT2D eigenvalue weighted by molar-refractivity contribution is -0.153. The molecular formula is C19H21N5O3. The first-order chi connectivity index (χ1) is 13.2. The molecule has 1 aliphatic rings. The fourth-order valence-electron chi connectivity index (χ4n) is 3.54. The van der Waals surface area contributed by atoms with E-state index in [2.05, 4.69) is 24.7 Å².